The number of primary sulfonamides is 1. The molecule has 4 N–H and O–H groups in total. The maximum absolute atomic E-state index is 12.4. The van der Waals surface area contributed by atoms with Gasteiger partial charge in [-0.15, -0.1) is 0 Å². The van der Waals surface area contributed by atoms with Crippen molar-refractivity contribution in [3.05, 3.63) is 53.6 Å². The molecule has 1 heterocycles. The van der Waals surface area contributed by atoms with Gasteiger partial charge < -0.3 is 9.64 Å². The van der Waals surface area contributed by atoms with Gasteiger partial charge in [0.05, 0.1) is 24.1 Å². The molecule has 2 aromatic carbocycles. The van der Waals surface area contributed by atoms with E-state index in [9.17, 15) is 18.0 Å². The lowest BCUT2D eigenvalue weighted by Gasteiger charge is -2.30. The summed E-state index contributed by atoms with van der Waals surface area (Å²) in [6.07, 6.45) is 1.90. The molecule has 9 nitrogen and oxygen atoms in total. The summed E-state index contributed by atoms with van der Waals surface area (Å²) < 4.78 is 28.1. The molecule has 1 aliphatic rings. The first-order valence-corrected chi connectivity index (χ1v) is 10.5. The second-order valence-electron chi connectivity index (χ2n) is 6.56. The SMILES string of the molecule is COc1ccc(S(N)(=O)=O)cc1C(=O)NNC(=O)CN1CCCc2ccccc21. The molecule has 154 valence electrons. The molecule has 0 bridgehead atoms. The number of benzene rings is 2. The normalized spacial score (nSPS) is 13.4. The third-order valence-electron chi connectivity index (χ3n) is 4.60. The van der Waals surface area contributed by atoms with Crippen molar-refractivity contribution in [1.82, 2.24) is 10.9 Å². The largest absolute Gasteiger partial charge is 0.496 e. The minimum absolute atomic E-state index is 0.0670. The zero-order valence-corrected chi connectivity index (χ0v) is 16.7. The summed E-state index contributed by atoms with van der Waals surface area (Å²) in [5.41, 5.74) is 6.75. The maximum atomic E-state index is 12.4. The number of nitrogens with one attached hydrogen (secondary N) is 2. The molecule has 1 aliphatic heterocycles. The van der Waals surface area contributed by atoms with E-state index in [-0.39, 0.29) is 22.8 Å². The van der Waals surface area contributed by atoms with Crippen LogP contribution >= 0.6 is 0 Å². The number of hydrazine groups is 1. The summed E-state index contributed by atoms with van der Waals surface area (Å²) in [5, 5.41) is 5.11. The first-order chi connectivity index (χ1) is 13.8. The average molecular weight is 418 g/mol. The van der Waals surface area contributed by atoms with Gasteiger partial charge in [0.1, 0.15) is 5.75 Å². The Hall–Kier alpha value is -3.11. The first-order valence-electron chi connectivity index (χ1n) is 8.92. The molecule has 0 spiro atoms. The van der Waals surface area contributed by atoms with Gasteiger partial charge in [-0.2, -0.15) is 0 Å². The Morgan fingerprint density at radius 3 is 2.66 bits per heavy atom. The molecule has 29 heavy (non-hydrogen) atoms. The number of aryl methyl sites for hydroxylation is 1. The molecule has 2 amide bonds. The number of amides is 2. The molecule has 0 atom stereocenters. The van der Waals surface area contributed by atoms with Crippen molar-refractivity contribution < 1.29 is 22.7 Å². The van der Waals surface area contributed by atoms with Gasteiger partial charge in [0.15, 0.2) is 0 Å². The highest BCUT2D eigenvalue weighted by atomic mass is 32.2. The highest BCUT2D eigenvalue weighted by Crippen LogP contribution is 2.26. The Labute approximate surface area is 168 Å². The van der Waals surface area contributed by atoms with Crippen molar-refractivity contribution in [3.63, 3.8) is 0 Å². The standard InChI is InChI=1S/C19H22N4O5S/c1-28-17-9-8-14(29(20,26)27)11-15(17)19(25)22-21-18(24)12-23-10-4-6-13-5-2-3-7-16(13)23/h2-3,5,7-9,11H,4,6,10,12H2,1H3,(H,21,24)(H,22,25)(H2,20,26,27). The fourth-order valence-electron chi connectivity index (χ4n) is 3.22. The number of sulfonamides is 1. The number of ether oxygens (including phenoxy) is 1. The van der Waals surface area contributed by atoms with Crippen LogP contribution in [0.25, 0.3) is 0 Å². The van der Waals surface area contributed by atoms with Crippen molar-refractivity contribution in [2.45, 2.75) is 17.7 Å². The molecule has 0 fully saturated rings. The summed E-state index contributed by atoms with van der Waals surface area (Å²) in [5.74, 6) is -0.981. The Morgan fingerprint density at radius 2 is 1.93 bits per heavy atom. The van der Waals surface area contributed by atoms with E-state index in [1.807, 2.05) is 29.2 Å². The predicted molar refractivity (Wildman–Crippen MR) is 107 cm³/mol. The Kier molecular flexibility index (Phi) is 6.04. The molecule has 0 aliphatic carbocycles. The smallest absolute Gasteiger partial charge is 0.273 e. The van der Waals surface area contributed by atoms with E-state index < -0.39 is 21.8 Å². The number of nitrogens with two attached hydrogens (primary N) is 1. The monoisotopic (exact) mass is 418 g/mol. The van der Waals surface area contributed by atoms with Gasteiger partial charge in [-0.3, -0.25) is 20.4 Å². The summed E-state index contributed by atoms with van der Waals surface area (Å²) >= 11 is 0. The van der Waals surface area contributed by atoms with Crippen LogP contribution in [0, 0.1) is 0 Å². The van der Waals surface area contributed by atoms with E-state index in [0.717, 1.165) is 31.1 Å². The third-order valence-corrected chi connectivity index (χ3v) is 5.51. The fraction of sp³-hybridized carbons (Fsp3) is 0.263. The van der Waals surface area contributed by atoms with Crippen LogP contribution in [0.2, 0.25) is 0 Å². The lowest BCUT2D eigenvalue weighted by Crippen LogP contribution is -2.47. The zero-order valence-electron chi connectivity index (χ0n) is 15.8. The molecule has 0 radical (unpaired) electrons. The predicted octanol–water partition coefficient (Wildman–Crippen LogP) is 0.556. The first kappa shape index (κ1) is 20.6. The van der Waals surface area contributed by atoms with Gasteiger partial charge in [-0.25, -0.2) is 13.6 Å². The highest BCUT2D eigenvalue weighted by molar-refractivity contribution is 7.89. The summed E-state index contributed by atoms with van der Waals surface area (Å²) in [7, 11) is -2.65. The molecule has 10 heteroatoms. The van der Waals surface area contributed by atoms with Crippen LogP contribution in [-0.2, 0) is 21.2 Å². The van der Waals surface area contributed by atoms with E-state index in [1.165, 1.54) is 24.8 Å². The second kappa shape index (κ2) is 8.50. The Balaban J connectivity index is 1.66. The third kappa shape index (κ3) is 4.84. The van der Waals surface area contributed by atoms with Gasteiger partial charge in [0.2, 0.25) is 10.0 Å². The number of nitrogens with zero attached hydrogens (tertiary/aromatic N) is 1. The Bertz CT molecular complexity index is 1040. The lowest BCUT2D eigenvalue weighted by atomic mass is 10.0. The molecular weight excluding hydrogens is 396 g/mol. The lowest BCUT2D eigenvalue weighted by molar-refractivity contribution is -0.120. The van der Waals surface area contributed by atoms with Crippen molar-refractivity contribution in [1.29, 1.82) is 0 Å². The Morgan fingerprint density at radius 1 is 1.17 bits per heavy atom. The van der Waals surface area contributed by atoms with Crippen molar-refractivity contribution >= 4 is 27.5 Å². The number of anilines is 1. The van der Waals surface area contributed by atoms with Crippen LogP contribution in [0.5, 0.6) is 5.75 Å². The summed E-state index contributed by atoms with van der Waals surface area (Å²) in [4.78, 5) is 26.5. The number of hydrogen-bond donors (Lipinski definition) is 3. The van der Waals surface area contributed by atoms with Crippen LogP contribution in [0.4, 0.5) is 5.69 Å². The topological polar surface area (TPSA) is 131 Å². The summed E-state index contributed by atoms with van der Waals surface area (Å²) in [6, 6.07) is 11.5. The molecule has 0 unspecified atom stereocenters. The second-order valence-corrected chi connectivity index (χ2v) is 8.12. The number of carbonyl (C=O) groups is 2. The van der Waals surface area contributed by atoms with Gasteiger partial charge in [0.25, 0.3) is 11.8 Å². The van der Waals surface area contributed by atoms with Crippen LogP contribution in [-0.4, -0.2) is 40.4 Å². The van der Waals surface area contributed by atoms with Gasteiger partial charge in [-0.05, 0) is 42.7 Å². The maximum Gasteiger partial charge on any atom is 0.273 e. The fourth-order valence-corrected chi connectivity index (χ4v) is 3.76. The minimum Gasteiger partial charge on any atom is -0.496 e. The van der Waals surface area contributed by atoms with E-state index in [0.29, 0.717) is 0 Å². The molecular formula is C19H22N4O5S. The van der Waals surface area contributed by atoms with Gasteiger partial charge in [0, 0.05) is 12.2 Å². The van der Waals surface area contributed by atoms with Crippen molar-refractivity contribution in [3.8, 4) is 5.75 Å². The molecule has 0 saturated carbocycles. The number of rotatable bonds is 5. The minimum atomic E-state index is -3.99. The number of carbonyl (C=O) groups excluding carboxylic acids is 2. The highest BCUT2D eigenvalue weighted by Gasteiger charge is 2.20. The molecule has 0 aromatic heterocycles. The number of methoxy groups -OCH3 is 1. The molecule has 2 aromatic rings. The van der Waals surface area contributed by atoms with Crippen LogP contribution in [0.3, 0.4) is 0 Å². The number of fused-ring (bicyclic) bond motifs is 1. The summed E-state index contributed by atoms with van der Waals surface area (Å²) in [6.45, 7) is 0.814. The quantitative estimate of drug-likeness (QED) is 0.608. The van der Waals surface area contributed by atoms with E-state index >= 15 is 0 Å². The van der Waals surface area contributed by atoms with Crippen LogP contribution in [0.1, 0.15) is 22.3 Å². The number of para-hydroxylation sites is 1. The number of hydrogen-bond acceptors (Lipinski definition) is 6. The van der Waals surface area contributed by atoms with Crippen molar-refractivity contribution in [2.24, 2.45) is 5.14 Å². The van der Waals surface area contributed by atoms with Crippen LogP contribution < -0.4 is 25.6 Å². The van der Waals surface area contributed by atoms with Crippen LogP contribution in [0.15, 0.2) is 47.4 Å². The van der Waals surface area contributed by atoms with E-state index in [2.05, 4.69) is 10.9 Å². The van der Waals surface area contributed by atoms with E-state index in [1.54, 1.807) is 0 Å². The average Bonchev–Trinajstić information content (AvgIpc) is 2.71. The van der Waals surface area contributed by atoms with Crippen molar-refractivity contribution in [2.75, 3.05) is 25.1 Å². The molecule has 0 saturated heterocycles. The van der Waals surface area contributed by atoms with Gasteiger partial charge >= 0.3 is 0 Å². The van der Waals surface area contributed by atoms with Gasteiger partial charge in [-0.1, -0.05) is 18.2 Å². The van der Waals surface area contributed by atoms with E-state index in [4.69, 9.17) is 9.88 Å². The zero-order chi connectivity index (χ0) is 21.0. The molecule has 3 rings (SSSR count).